The van der Waals surface area contributed by atoms with Crippen LogP contribution in [0, 0.1) is 0 Å². The Hall–Kier alpha value is -1.19. The Morgan fingerprint density at radius 2 is 2.36 bits per heavy atom. The zero-order chi connectivity index (χ0) is 10.6. The van der Waals surface area contributed by atoms with Crippen LogP contribution in [0.15, 0.2) is 10.9 Å². The molecule has 1 rings (SSSR count). The van der Waals surface area contributed by atoms with Crippen molar-refractivity contribution in [2.75, 3.05) is 0 Å². The quantitative estimate of drug-likeness (QED) is 0.572. The van der Waals surface area contributed by atoms with E-state index in [1.807, 2.05) is 0 Å². The molecule has 0 unspecified atom stereocenters. The van der Waals surface area contributed by atoms with E-state index in [4.69, 9.17) is 0 Å². The summed E-state index contributed by atoms with van der Waals surface area (Å²) in [6.45, 7) is 2.20. The number of nitrogens with zero attached hydrogens (tertiary/aromatic N) is 4. The minimum absolute atomic E-state index is 0.398. The number of carbonyl (C=O) groups excluding carboxylic acids is 1. The molecule has 8 heteroatoms. The summed E-state index contributed by atoms with van der Waals surface area (Å²) in [6, 6.07) is 0. The topological polar surface area (TPSA) is 79.0 Å². The molecule has 1 heterocycles. The van der Waals surface area contributed by atoms with Crippen LogP contribution < -0.4 is 5.69 Å². The van der Waals surface area contributed by atoms with Gasteiger partial charge in [0.25, 0.3) is 0 Å². The van der Waals surface area contributed by atoms with Crippen LogP contribution in [-0.2, 0) is 14.4 Å². The van der Waals surface area contributed by atoms with Crippen molar-refractivity contribution in [1.82, 2.24) is 19.8 Å². The second-order valence-electron chi connectivity index (χ2n) is 2.23. The highest BCUT2D eigenvalue weighted by molar-refractivity contribution is 14.1. The minimum atomic E-state index is -0.566. The normalized spacial score (nSPS) is 10.7. The summed E-state index contributed by atoms with van der Waals surface area (Å²) in [5.74, 6) is -0.566. The summed E-state index contributed by atoms with van der Waals surface area (Å²) >= 11 is 1.45. The second kappa shape index (κ2) is 4.88. The lowest BCUT2D eigenvalue weighted by Crippen LogP contribution is -2.21. The number of aromatic nitrogens is 4. The SMILES string of the molecule is CCn1nnn(/C=C\C(=O)OI)c1=O. The van der Waals surface area contributed by atoms with Gasteiger partial charge in [-0.15, -0.1) is 0 Å². The third kappa shape index (κ3) is 2.40. The maximum atomic E-state index is 11.3. The van der Waals surface area contributed by atoms with E-state index < -0.39 is 11.7 Å². The molecule has 1 aromatic rings. The predicted molar refractivity (Wildman–Crippen MR) is 55.4 cm³/mol. The number of halogens is 1. The molecule has 1 aromatic heterocycles. The standard InChI is InChI=1S/C6H7IN4O3/c1-2-10-6(13)11(9-8-10)4-3-5(12)14-7/h3-4H,2H2,1H3/b4-3-. The van der Waals surface area contributed by atoms with Crippen molar-refractivity contribution in [3.05, 3.63) is 16.6 Å². The zero-order valence-corrected chi connectivity index (χ0v) is 9.41. The Bertz CT molecular complexity index is 407. The van der Waals surface area contributed by atoms with Crippen molar-refractivity contribution >= 4 is 35.2 Å². The van der Waals surface area contributed by atoms with Crippen LogP contribution in [-0.4, -0.2) is 25.8 Å². The summed E-state index contributed by atoms with van der Waals surface area (Å²) in [5.41, 5.74) is -0.398. The van der Waals surface area contributed by atoms with Gasteiger partial charge in [0.15, 0.2) is 23.0 Å². The molecule has 0 bridgehead atoms. The van der Waals surface area contributed by atoms with Gasteiger partial charge in [-0.3, -0.25) is 0 Å². The minimum Gasteiger partial charge on any atom is -0.391 e. The van der Waals surface area contributed by atoms with Crippen LogP contribution in [0.25, 0.3) is 6.20 Å². The van der Waals surface area contributed by atoms with Gasteiger partial charge in [0.1, 0.15) is 0 Å². The third-order valence-electron chi connectivity index (χ3n) is 1.39. The molecule has 0 saturated carbocycles. The Morgan fingerprint density at radius 3 is 2.86 bits per heavy atom. The Labute approximate surface area is 93.0 Å². The molecule has 0 spiro atoms. The van der Waals surface area contributed by atoms with Gasteiger partial charge in [-0.1, -0.05) is 0 Å². The van der Waals surface area contributed by atoms with Gasteiger partial charge in [0.05, 0.1) is 0 Å². The van der Waals surface area contributed by atoms with E-state index in [2.05, 4.69) is 13.5 Å². The number of hydrogen-bond donors (Lipinski definition) is 0. The highest BCUT2D eigenvalue weighted by Crippen LogP contribution is 1.89. The van der Waals surface area contributed by atoms with Crippen molar-refractivity contribution in [2.24, 2.45) is 0 Å². The third-order valence-corrected chi connectivity index (χ3v) is 1.82. The lowest BCUT2D eigenvalue weighted by molar-refractivity contribution is -0.126. The molecule has 0 aliphatic carbocycles. The van der Waals surface area contributed by atoms with Gasteiger partial charge in [-0.25, -0.2) is 9.59 Å². The molecule has 0 amide bonds. The highest BCUT2D eigenvalue weighted by atomic mass is 127. The molecule has 0 saturated heterocycles. The number of tetrazole rings is 1. The average Bonchev–Trinajstić information content (AvgIpc) is 2.56. The van der Waals surface area contributed by atoms with Gasteiger partial charge in [0.2, 0.25) is 0 Å². The van der Waals surface area contributed by atoms with Gasteiger partial charge in [-0.05, 0) is 17.4 Å². The first-order valence-electron chi connectivity index (χ1n) is 3.72. The molecule has 7 nitrogen and oxygen atoms in total. The number of rotatable bonds is 3. The Morgan fingerprint density at radius 1 is 1.64 bits per heavy atom. The summed E-state index contributed by atoms with van der Waals surface area (Å²) in [7, 11) is 0. The van der Waals surface area contributed by atoms with Crippen molar-refractivity contribution in [3.63, 3.8) is 0 Å². The van der Waals surface area contributed by atoms with Crippen LogP contribution in [0.5, 0.6) is 0 Å². The second-order valence-corrected chi connectivity index (χ2v) is 2.67. The molecule has 0 radical (unpaired) electrons. The summed E-state index contributed by atoms with van der Waals surface area (Å²) in [6.07, 6.45) is 2.28. The highest BCUT2D eigenvalue weighted by Gasteiger charge is 2.01. The molecule has 0 N–H and O–H groups in total. The van der Waals surface area contributed by atoms with Crippen LogP contribution in [0.1, 0.15) is 6.92 Å². The smallest absolute Gasteiger partial charge is 0.367 e. The molecule has 0 aliphatic heterocycles. The van der Waals surface area contributed by atoms with Gasteiger partial charge < -0.3 is 3.07 Å². The van der Waals surface area contributed by atoms with Gasteiger partial charge in [-0.2, -0.15) is 9.36 Å². The van der Waals surface area contributed by atoms with E-state index in [-0.39, 0.29) is 0 Å². The molecule has 0 aliphatic rings. The van der Waals surface area contributed by atoms with Crippen LogP contribution >= 0.6 is 23.0 Å². The van der Waals surface area contributed by atoms with Crippen molar-refractivity contribution in [2.45, 2.75) is 13.5 Å². The predicted octanol–water partition coefficient (Wildman–Crippen LogP) is -0.176. The van der Waals surface area contributed by atoms with E-state index >= 15 is 0 Å². The van der Waals surface area contributed by atoms with Crippen molar-refractivity contribution in [3.8, 4) is 0 Å². The van der Waals surface area contributed by atoms with Gasteiger partial charge >= 0.3 is 11.7 Å². The Kier molecular flexibility index (Phi) is 3.80. The maximum absolute atomic E-state index is 11.3. The molecule has 0 atom stereocenters. The van der Waals surface area contributed by atoms with Crippen molar-refractivity contribution < 1.29 is 7.86 Å². The zero-order valence-electron chi connectivity index (χ0n) is 7.25. The van der Waals surface area contributed by atoms with Crippen LogP contribution in [0.3, 0.4) is 0 Å². The number of carbonyl (C=O) groups is 1. The molecule has 0 aromatic carbocycles. The van der Waals surface area contributed by atoms with Crippen LogP contribution in [0.4, 0.5) is 0 Å². The largest absolute Gasteiger partial charge is 0.391 e. The number of hydrogen-bond acceptors (Lipinski definition) is 5. The molecule has 14 heavy (non-hydrogen) atoms. The monoisotopic (exact) mass is 310 g/mol. The molecular weight excluding hydrogens is 303 g/mol. The molecule has 76 valence electrons. The number of aryl methyl sites for hydroxylation is 1. The van der Waals surface area contributed by atoms with E-state index in [9.17, 15) is 9.59 Å². The summed E-state index contributed by atoms with van der Waals surface area (Å²) in [4.78, 5) is 22.0. The van der Waals surface area contributed by atoms with Crippen molar-refractivity contribution in [1.29, 1.82) is 0 Å². The van der Waals surface area contributed by atoms with Gasteiger partial charge in [0, 0.05) is 18.8 Å². The first-order chi connectivity index (χ1) is 6.69. The van der Waals surface area contributed by atoms with Crippen LogP contribution in [0.2, 0.25) is 0 Å². The Balaban J connectivity index is 2.88. The fraction of sp³-hybridized carbons (Fsp3) is 0.333. The van der Waals surface area contributed by atoms with E-state index in [0.29, 0.717) is 6.54 Å². The average molecular weight is 310 g/mol. The fourth-order valence-corrected chi connectivity index (χ4v) is 0.882. The molecular formula is C6H7IN4O3. The van der Waals surface area contributed by atoms with E-state index in [0.717, 1.165) is 10.8 Å². The lowest BCUT2D eigenvalue weighted by atomic mass is 10.6. The van der Waals surface area contributed by atoms with E-state index in [1.165, 1.54) is 33.9 Å². The maximum Gasteiger partial charge on any atom is 0.367 e. The summed E-state index contributed by atoms with van der Waals surface area (Å²) < 4.78 is 6.44. The lowest BCUT2D eigenvalue weighted by Gasteiger charge is -1.87. The fourth-order valence-electron chi connectivity index (χ4n) is 0.735. The molecule has 0 fully saturated rings. The van der Waals surface area contributed by atoms with E-state index in [1.54, 1.807) is 6.92 Å². The first kappa shape index (κ1) is 10.9. The summed E-state index contributed by atoms with van der Waals surface area (Å²) in [5, 5.41) is 7.06. The first-order valence-corrected chi connectivity index (χ1v) is 4.60.